The molecular weight excluding hydrogens is 172 g/mol. The summed E-state index contributed by atoms with van der Waals surface area (Å²) < 4.78 is 0. The second-order valence-electron chi connectivity index (χ2n) is 2.68. The number of hydrogen-bond donors (Lipinski definition) is 2. The van der Waals surface area contributed by atoms with Crippen LogP contribution in [0.2, 0.25) is 0 Å². The van der Waals surface area contributed by atoms with Crippen LogP contribution in [0.3, 0.4) is 0 Å². The molecule has 1 unspecified atom stereocenters. The predicted octanol–water partition coefficient (Wildman–Crippen LogP) is 1.09. The van der Waals surface area contributed by atoms with Crippen molar-refractivity contribution in [2.24, 2.45) is 0 Å². The fourth-order valence-corrected chi connectivity index (χ4v) is 1.77. The third-order valence-electron chi connectivity index (χ3n) is 1.63. The monoisotopic (exact) mass is 186 g/mol. The van der Waals surface area contributed by atoms with Gasteiger partial charge in [-0.15, -0.1) is 11.3 Å². The van der Waals surface area contributed by atoms with E-state index in [4.69, 9.17) is 5.11 Å². The lowest BCUT2D eigenvalue weighted by molar-refractivity contribution is 0.286. The molecular formula is C8H14N2OS. The van der Waals surface area contributed by atoms with E-state index in [1.165, 1.54) is 4.88 Å². The van der Waals surface area contributed by atoms with Gasteiger partial charge in [0.25, 0.3) is 0 Å². The summed E-state index contributed by atoms with van der Waals surface area (Å²) >= 11 is 1.69. The van der Waals surface area contributed by atoms with Gasteiger partial charge in [0.2, 0.25) is 0 Å². The van der Waals surface area contributed by atoms with Gasteiger partial charge in [-0.25, -0.2) is 4.98 Å². The zero-order valence-electron chi connectivity index (χ0n) is 7.37. The van der Waals surface area contributed by atoms with Crippen molar-refractivity contribution < 1.29 is 5.11 Å². The Morgan fingerprint density at radius 2 is 2.50 bits per heavy atom. The molecule has 4 heteroatoms. The molecule has 2 N–H and O–H groups in total. The van der Waals surface area contributed by atoms with Crippen LogP contribution in [-0.2, 0) is 0 Å². The summed E-state index contributed by atoms with van der Waals surface area (Å²) in [5.74, 6) is 0. The topological polar surface area (TPSA) is 45.2 Å². The van der Waals surface area contributed by atoms with Crippen molar-refractivity contribution >= 4 is 11.3 Å². The Kier molecular flexibility index (Phi) is 3.65. The van der Waals surface area contributed by atoms with E-state index < -0.39 is 0 Å². The van der Waals surface area contributed by atoms with Crippen molar-refractivity contribution in [2.45, 2.75) is 19.9 Å². The lowest BCUT2D eigenvalue weighted by Gasteiger charge is -2.09. The van der Waals surface area contributed by atoms with Crippen molar-refractivity contribution in [1.29, 1.82) is 0 Å². The van der Waals surface area contributed by atoms with Gasteiger partial charge in [-0.2, -0.15) is 0 Å². The zero-order valence-corrected chi connectivity index (χ0v) is 8.19. The minimum atomic E-state index is 0.183. The van der Waals surface area contributed by atoms with Crippen molar-refractivity contribution in [3.8, 4) is 0 Å². The van der Waals surface area contributed by atoms with E-state index >= 15 is 0 Å². The molecule has 1 rings (SSSR count). The molecule has 0 aliphatic carbocycles. The number of thiazole rings is 1. The molecule has 0 bridgehead atoms. The average molecular weight is 186 g/mol. The highest BCUT2D eigenvalue weighted by Gasteiger charge is 2.06. The molecule has 0 saturated carbocycles. The molecule has 68 valence electrons. The number of aryl methyl sites for hydroxylation is 1. The van der Waals surface area contributed by atoms with Gasteiger partial charge in [-0.1, -0.05) is 0 Å². The van der Waals surface area contributed by atoms with E-state index in [-0.39, 0.29) is 6.61 Å². The van der Waals surface area contributed by atoms with Gasteiger partial charge < -0.3 is 10.4 Å². The Morgan fingerprint density at radius 1 is 1.75 bits per heavy atom. The zero-order chi connectivity index (χ0) is 8.97. The van der Waals surface area contributed by atoms with Crippen molar-refractivity contribution in [3.63, 3.8) is 0 Å². The number of nitrogens with zero attached hydrogens (tertiary/aromatic N) is 1. The molecule has 12 heavy (non-hydrogen) atoms. The first-order valence-electron chi connectivity index (χ1n) is 4.00. The van der Waals surface area contributed by atoms with E-state index in [1.54, 1.807) is 11.3 Å². The molecule has 0 radical (unpaired) electrons. The minimum absolute atomic E-state index is 0.183. The Hall–Kier alpha value is -0.450. The smallest absolute Gasteiger partial charge is 0.0897 e. The van der Waals surface area contributed by atoms with E-state index in [1.807, 2.05) is 13.1 Å². The summed E-state index contributed by atoms with van der Waals surface area (Å²) in [5.41, 5.74) is 0. The number of aliphatic hydroxyl groups excluding tert-OH is 1. The van der Waals surface area contributed by atoms with Crippen molar-refractivity contribution in [1.82, 2.24) is 10.3 Å². The molecule has 0 amide bonds. The summed E-state index contributed by atoms with van der Waals surface area (Å²) in [6.07, 6.45) is 1.88. The summed E-state index contributed by atoms with van der Waals surface area (Å²) in [6, 6.07) is 0.295. The average Bonchev–Trinajstić information content (AvgIpc) is 2.47. The standard InChI is InChI=1S/C8H14N2OS/c1-6(9-3-4-11)8-5-10-7(2)12-8/h5-6,9,11H,3-4H2,1-2H3. The molecule has 1 aromatic heterocycles. The molecule has 1 atom stereocenters. The van der Waals surface area contributed by atoms with E-state index in [0.29, 0.717) is 12.6 Å². The van der Waals surface area contributed by atoms with E-state index in [2.05, 4.69) is 17.2 Å². The predicted molar refractivity (Wildman–Crippen MR) is 50.4 cm³/mol. The van der Waals surface area contributed by atoms with Crippen LogP contribution in [0.4, 0.5) is 0 Å². The Morgan fingerprint density at radius 3 is 3.00 bits per heavy atom. The molecule has 0 fully saturated rings. The summed E-state index contributed by atoms with van der Waals surface area (Å²) in [5, 5.41) is 12.9. The van der Waals surface area contributed by atoms with Crippen molar-refractivity contribution in [3.05, 3.63) is 16.1 Å². The largest absolute Gasteiger partial charge is 0.395 e. The van der Waals surface area contributed by atoms with Gasteiger partial charge in [0.15, 0.2) is 0 Å². The normalized spacial score (nSPS) is 13.2. The molecule has 0 aliphatic heterocycles. The Labute approximate surface area is 76.5 Å². The first kappa shape index (κ1) is 9.64. The maximum absolute atomic E-state index is 8.59. The van der Waals surface area contributed by atoms with Gasteiger partial charge in [0.05, 0.1) is 11.6 Å². The number of rotatable bonds is 4. The summed E-state index contributed by atoms with van der Waals surface area (Å²) in [6.45, 7) is 4.88. The maximum atomic E-state index is 8.59. The summed E-state index contributed by atoms with van der Waals surface area (Å²) in [7, 11) is 0. The second kappa shape index (κ2) is 4.54. The number of aromatic nitrogens is 1. The SMILES string of the molecule is Cc1ncc(C(C)NCCO)s1. The van der Waals surface area contributed by atoms with Gasteiger partial charge in [-0.05, 0) is 13.8 Å². The van der Waals surface area contributed by atoms with E-state index in [0.717, 1.165) is 5.01 Å². The van der Waals surface area contributed by atoms with Gasteiger partial charge in [0, 0.05) is 23.7 Å². The highest BCUT2D eigenvalue weighted by Crippen LogP contribution is 2.19. The highest BCUT2D eigenvalue weighted by molar-refractivity contribution is 7.11. The van der Waals surface area contributed by atoms with Gasteiger partial charge >= 0.3 is 0 Å². The summed E-state index contributed by atoms with van der Waals surface area (Å²) in [4.78, 5) is 5.38. The second-order valence-corrected chi connectivity index (χ2v) is 3.95. The van der Waals surface area contributed by atoms with Crippen LogP contribution in [0, 0.1) is 6.92 Å². The molecule has 0 aliphatic rings. The van der Waals surface area contributed by atoms with Crippen LogP contribution in [0.25, 0.3) is 0 Å². The Bertz CT molecular complexity index is 237. The van der Waals surface area contributed by atoms with Crippen LogP contribution >= 0.6 is 11.3 Å². The van der Waals surface area contributed by atoms with Crippen LogP contribution < -0.4 is 5.32 Å². The molecule has 3 nitrogen and oxygen atoms in total. The number of nitrogens with one attached hydrogen (secondary N) is 1. The quantitative estimate of drug-likeness (QED) is 0.740. The molecule has 0 spiro atoms. The third-order valence-corrected chi connectivity index (χ3v) is 2.72. The van der Waals surface area contributed by atoms with E-state index in [9.17, 15) is 0 Å². The number of aliphatic hydroxyl groups is 1. The maximum Gasteiger partial charge on any atom is 0.0897 e. The lowest BCUT2D eigenvalue weighted by Crippen LogP contribution is -2.21. The molecule has 1 aromatic rings. The first-order chi connectivity index (χ1) is 5.74. The van der Waals surface area contributed by atoms with Crippen LogP contribution in [0.1, 0.15) is 22.9 Å². The molecule has 0 aromatic carbocycles. The highest BCUT2D eigenvalue weighted by atomic mass is 32.1. The van der Waals surface area contributed by atoms with Crippen LogP contribution in [0.15, 0.2) is 6.20 Å². The van der Waals surface area contributed by atoms with Gasteiger partial charge in [0.1, 0.15) is 0 Å². The Balaban J connectivity index is 2.47. The van der Waals surface area contributed by atoms with Crippen LogP contribution in [0.5, 0.6) is 0 Å². The fraction of sp³-hybridized carbons (Fsp3) is 0.625. The molecule has 1 heterocycles. The first-order valence-corrected chi connectivity index (χ1v) is 4.82. The van der Waals surface area contributed by atoms with Gasteiger partial charge in [-0.3, -0.25) is 0 Å². The molecule has 0 saturated heterocycles. The number of hydrogen-bond acceptors (Lipinski definition) is 4. The van der Waals surface area contributed by atoms with Crippen LogP contribution in [-0.4, -0.2) is 23.2 Å². The minimum Gasteiger partial charge on any atom is -0.395 e. The lowest BCUT2D eigenvalue weighted by atomic mass is 10.3. The fourth-order valence-electron chi connectivity index (χ4n) is 0.960. The van der Waals surface area contributed by atoms with Crippen molar-refractivity contribution in [2.75, 3.05) is 13.2 Å². The third kappa shape index (κ3) is 2.55.